The van der Waals surface area contributed by atoms with Crippen molar-refractivity contribution in [1.82, 2.24) is 0 Å². The standard InChI is InChI=1S/C7H14OS/c8-6-4-2-1-3-5-7(6)9/h6-9H,1-5H2/t6-,7-/m1/s1. The number of thiol groups is 1. The third-order valence-corrected chi connectivity index (χ3v) is 2.55. The molecule has 2 heteroatoms. The fourth-order valence-electron chi connectivity index (χ4n) is 1.27. The van der Waals surface area contributed by atoms with Gasteiger partial charge in [0, 0.05) is 5.25 Å². The van der Waals surface area contributed by atoms with Crippen molar-refractivity contribution in [2.75, 3.05) is 0 Å². The van der Waals surface area contributed by atoms with Gasteiger partial charge in [0.05, 0.1) is 6.10 Å². The van der Waals surface area contributed by atoms with E-state index in [4.69, 9.17) is 0 Å². The number of hydrogen-bond donors (Lipinski definition) is 2. The van der Waals surface area contributed by atoms with Gasteiger partial charge in [0.2, 0.25) is 0 Å². The van der Waals surface area contributed by atoms with Crippen LogP contribution in [0, 0.1) is 0 Å². The first kappa shape index (κ1) is 7.42. The van der Waals surface area contributed by atoms with Crippen molar-refractivity contribution in [2.24, 2.45) is 0 Å². The van der Waals surface area contributed by atoms with Crippen molar-refractivity contribution in [2.45, 2.75) is 43.5 Å². The van der Waals surface area contributed by atoms with Gasteiger partial charge >= 0.3 is 0 Å². The van der Waals surface area contributed by atoms with E-state index in [0.29, 0.717) is 0 Å². The van der Waals surface area contributed by atoms with Crippen molar-refractivity contribution < 1.29 is 5.11 Å². The number of aliphatic hydroxyl groups excluding tert-OH is 1. The zero-order valence-electron chi connectivity index (χ0n) is 5.58. The van der Waals surface area contributed by atoms with Gasteiger partial charge in [0.1, 0.15) is 0 Å². The summed E-state index contributed by atoms with van der Waals surface area (Å²) in [5, 5.41) is 9.52. The second-order valence-electron chi connectivity index (χ2n) is 2.77. The van der Waals surface area contributed by atoms with Crippen molar-refractivity contribution >= 4 is 12.6 Å². The van der Waals surface area contributed by atoms with Crippen LogP contribution in [-0.2, 0) is 0 Å². The zero-order chi connectivity index (χ0) is 6.69. The minimum absolute atomic E-state index is 0.143. The molecule has 2 atom stereocenters. The highest BCUT2D eigenvalue weighted by Crippen LogP contribution is 2.21. The molecule has 0 aromatic rings. The first-order valence-corrected chi connectivity index (χ1v) is 4.18. The van der Waals surface area contributed by atoms with Gasteiger partial charge in [0.25, 0.3) is 0 Å². The highest BCUT2D eigenvalue weighted by atomic mass is 32.1. The van der Waals surface area contributed by atoms with Gasteiger partial charge in [-0.2, -0.15) is 12.6 Å². The summed E-state index contributed by atoms with van der Waals surface area (Å²) in [5.41, 5.74) is 0. The largest absolute Gasteiger partial charge is 0.392 e. The van der Waals surface area contributed by atoms with E-state index in [2.05, 4.69) is 12.6 Å². The average Bonchev–Trinajstić information content (AvgIpc) is 1.99. The van der Waals surface area contributed by atoms with Crippen molar-refractivity contribution in [3.63, 3.8) is 0 Å². The van der Waals surface area contributed by atoms with Crippen LogP contribution in [0.3, 0.4) is 0 Å². The van der Waals surface area contributed by atoms with Gasteiger partial charge in [0.15, 0.2) is 0 Å². The van der Waals surface area contributed by atoms with E-state index in [0.717, 1.165) is 12.8 Å². The molecule has 1 saturated carbocycles. The quantitative estimate of drug-likeness (QED) is 0.393. The first-order valence-electron chi connectivity index (χ1n) is 3.67. The van der Waals surface area contributed by atoms with E-state index in [1.54, 1.807) is 0 Å². The Bertz CT molecular complexity index is 75.0. The van der Waals surface area contributed by atoms with Crippen LogP contribution in [0.25, 0.3) is 0 Å². The monoisotopic (exact) mass is 146 g/mol. The SMILES string of the molecule is O[C@@H]1CCCCC[C@H]1S. The maximum atomic E-state index is 9.28. The van der Waals surface area contributed by atoms with Crippen LogP contribution in [-0.4, -0.2) is 16.5 Å². The number of rotatable bonds is 0. The third kappa shape index (κ3) is 2.18. The summed E-state index contributed by atoms with van der Waals surface area (Å²) in [5.74, 6) is 0. The fourth-order valence-corrected chi connectivity index (χ4v) is 1.60. The van der Waals surface area contributed by atoms with E-state index >= 15 is 0 Å². The molecule has 0 bridgehead atoms. The highest BCUT2D eigenvalue weighted by molar-refractivity contribution is 7.81. The van der Waals surface area contributed by atoms with Crippen LogP contribution in [0.15, 0.2) is 0 Å². The average molecular weight is 146 g/mol. The van der Waals surface area contributed by atoms with Gasteiger partial charge in [-0.05, 0) is 12.8 Å². The molecule has 1 N–H and O–H groups in total. The van der Waals surface area contributed by atoms with Crippen LogP contribution in [0.2, 0.25) is 0 Å². The van der Waals surface area contributed by atoms with Crippen LogP contribution in [0.5, 0.6) is 0 Å². The molecule has 0 aliphatic heterocycles. The van der Waals surface area contributed by atoms with Gasteiger partial charge in [-0.15, -0.1) is 0 Å². The Hall–Kier alpha value is 0.310. The second-order valence-corrected chi connectivity index (χ2v) is 3.44. The van der Waals surface area contributed by atoms with E-state index in [1.807, 2.05) is 0 Å². The summed E-state index contributed by atoms with van der Waals surface area (Å²) >= 11 is 4.28. The summed E-state index contributed by atoms with van der Waals surface area (Å²) in [4.78, 5) is 0. The van der Waals surface area contributed by atoms with Crippen LogP contribution in [0.4, 0.5) is 0 Å². The van der Waals surface area contributed by atoms with Crippen LogP contribution in [0.1, 0.15) is 32.1 Å². The molecule has 0 saturated heterocycles. The lowest BCUT2D eigenvalue weighted by molar-refractivity contribution is 0.164. The molecule has 54 valence electrons. The van der Waals surface area contributed by atoms with Gasteiger partial charge in [-0.25, -0.2) is 0 Å². The summed E-state index contributed by atoms with van der Waals surface area (Å²) in [6.45, 7) is 0. The Morgan fingerprint density at radius 1 is 1.11 bits per heavy atom. The molecular weight excluding hydrogens is 132 g/mol. The predicted molar refractivity (Wildman–Crippen MR) is 41.9 cm³/mol. The Morgan fingerprint density at radius 3 is 2.56 bits per heavy atom. The summed E-state index contributed by atoms with van der Waals surface area (Å²) < 4.78 is 0. The molecule has 1 aliphatic carbocycles. The van der Waals surface area contributed by atoms with E-state index < -0.39 is 0 Å². The summed E-state index contributed by atoms with van der Waals surface area (Å²) in [7, 11) is 0. The minimum Gasteiger partial charge on any atom is -0.392 e. The topological polar surface area (TPSA) is 20.2 Å². The molecule has 0 aromatic carbocycles. The zero-order valence-corrected chi connectivity index (χ0v) is 6.48. The molecule has 0 amide bonds. The Balaban J connectivity index is 2.32. The normalized spacial score (nSPS) is 38.0. The second kappa shape index (κ2) is 3.47. The Morgan fingerprint density at radius 2 is 1.78 bits per heavy atom. The van der Waals surface area contributed by atoms with Gasteiger partial charge < -0.3 is 5.11 Å². The molecule has 1 rings (SSSR count). The first-order chi connectivity index (χ1) is 4.30. The molecule has 0 unspecified atom stereocenters. The molecule has 0 spiro atoms. The smallest absolute Gasteiger partial charge is 0.0656 e. The molecule has 1 nitrogen and oxygen atoms in total. The summed E-state index contributed by atoms with van der Waals surface area (Å²) in [6.07, 6.45) is 5.59. The minimum atomic E-state index is -0.143. The fraction of sp³-hybridized carbons (Fsp3) is 1.00. The third-order valence-electron chi connectivity index (χ3n) is 1.94. The van der Waals surface area contributed by atoms with Crippen LogP contribution >= 0.6 is 12.6 Å². The molecule has 0 aromatic heterocycles. The number of hydrogen-bond acceptors (Lipinski definition) is 2. The van der Waals surface area contributed by atoms with Crippen molar-refractivity contribution in [3.05, 3.63) is 0 Å². The molecule has 9 heavy (non-hydrogen) atoms. The van der Waals surface area contributed by atoms with E-state index in [-0.39, 0.29) is 11.4 Å². The van der Waals surface area contributed by atoms with Gasteiger partial charge in [-0.3, -0.25) is 0 Å². The van der Waals surface area contributed by atoms with Crippen molar-refractivity contribution in [3.8, 4) is 0 Å². The Labute approximate surface area is 61.9 Å². The Kier molecular flexibility index (Phi) is 2.86. The highest BCUT2D eigenvalue weighted by Gasteiger charge is 2.16. The molecule has 0 radical (unpaired) electrons. The molecule has 0 heterocycles. The lowest BCUT2D eigenvalue weighted by Gasteiger charge is -2.12. The van der Waals surface area contributed by atoms with E-state index in [9.17, 15) is 5.11 Å². The predicted octanol–water partition coefficient (Wildman–Crippen LogP) is 1.61. The maximum Gasteiger partial charge on any atom is 0.0656 e. The lowest BCUT2D eigenvalue weighted by atomic mass is 10.1. The number of aliphatic hydroxyl groups is 1. The van der Waals surface area contributed by atoms with Crippen LogP contribution < -0.4 is 0 Å². The van der Waals surface area contributed by atoms with Crippen molar-refractivity contribution in [1.29, 1.82) is 0 Å². The van der Waals surface area contributed by atoms with E-state index in [1.165, 1.54) is 19.3 Å². The molecule has 1 fully saturated rings. The maximum absolute atomic E-state index is 9.28. The summed E-state index contributed by atoms with van der Waals surface area (Å²) in [6, 6.07) is 0. The van der Waals surface area contributed by atoms with Gasteiger partial charge in [-0.1, -0.05) is 19.3 Å². The lowest BCUT2D eigenvalue weighted by Crippen LogP contribution is -2.18. The molecule has 1 aliphatic rings. The molecular formula is C7H14OS.